The average molecular weight is 321 g/mol. The zero-order valence-corrected chi connectivity index (χ0v) is 13.5. The number of methoxy groups -OCH3 is 1. The van der Waals surface area contributed by atoms with Crippen molar-refractivity contribution in [3.63, 3.8) is 0 Å². The second-order valence-electron chi connectivity index (χ2n) is 5.81. The summed E-state index contributed by atoms with van der Waals surface area (Å²) in [4.78, 5) is 14.1. The predicted octanol–water partition coefficient (Wildman–Crippen LogP) is 1.83. The van der Waals surface area contributed by atoms with Crippen LogP contribution in [0.25, 0.3) is 0 Å². The Morgan fingerprint density at radius 3 is 2.35 bits per heavy atom. The Labute approximate surface area is 136 Å². The van der Waals surface area contributed by atoms with Gasteiger partial charge in [0.15, 0.2) is 12.4 Å². The Hall–Kier alpha value is -1.79. The molecule has 0 radical (unpaired) electrons. The van der Waals surface area contributed by atoms with E-state index in [4.69, 9.17) is 18.9 Å². The molecule has 2 aliphatic rings. The number of hydrogen-bond acceptors (Lipinski definition) is 5. The fourth-order valence-corrected chi connectivity index (χ4v) is 2.91. The summed E-state index contributed by atoms with van der Waals surface area (Å²) in [5, 5.41) is 0. The first kappa shape index (κ1) is 16.1. The van der Waals surface area contributed by atoms with Gasteiger partial charge < -0.3 is 23.8 Å². The van der Waals surface area contributed by atoms with E-state index in [1.54, 1.807) is 19.2 Å². The Morgan fingerprint density at radius 2 is 1.74 bits per heavy atom. The number of nitrogens with zero attached hydrogens (tertiary/aromatic N) is 1. The van der Waals surface area contributed by atoms with Crippen LogP contribution in [0.5, 0.6) is 11.5 Å². The molecule has 0 N–H and O–H groups in total. The molecule has 0 unspecified atom stereocenters. The van der Waals surface area contributed by atoms with E-state index in [1.165, 1.54) is 0 Å². The van der Waals surface area contributed by atoms with Crippen LogP contribution < -0.4 is 9.47 Å². The third kappa shape index (κ3) is 3.95. The van der Waals surface area contributed by atoms with Crippen LogP contribution in [0.2, 0.25) is 0 Å². The molecule has 0 bridgehead atoms. The lowest BCUT2D eigenvalue weighted by Gasteiger charge is -2.43. The van der Waals surface area contributed by atoms with Gasteiger partial charge in [0, 0.05) is 25.9 Å². The minimum Gasteiger partial charge on any atom is -0.497 e. The molecule has 0 aliphatic carbocycles. The Morgan fingerprint density at radius 1 is 1.13 bits per heavy atom. The Balaban J connectivity index is 1.45. The van der Waals surface area contributed by atoms with Gasteiger partial charge in [-0.2, -0.15) is 0 Å². The maximum Gasteiger partial charge on any atom is 0.260 e. The van der Waals surface area contributed by atoms with Gasteiger partial charge in [-0.05, 0) is 30.7 Å². The monoisotopic (exact) mass is 321 g/mol. The summed E-state index contributed by atoms with van der Waals surface area (Å²) in [5.74, 6) is 0.946. The van der Waals surface area contributed by atoms with Gasteiger partial charge in [-0.1, -0.05) is 0 Å². The van der Waals surface area contributed by atoms with Crippen LogP contribution in [0.3, 0.4) is 0 Å². The molecule has 1 spiro atoms. The summed E-state index contributed by atoms with van der Waals surface area (Å²) in [6.07, 6.45) is 2.39. The van der Waals surface area contributed by atoms with Crippen molar-refractivity contribution in [1.82, 2.24) is 4.90 Å². The van der Waals surface area contributed by atoms with Crippen molar-refractivity contribution in [3.05, 3.63) is 24.3 Å². The first-order valence-electron chi connectivity index (χ1n) is 8.03. The third-order valence-electron chi connectivity index (χ3n) is 4.32. The average Bonchev–Trinajstić information content (AvgIpc) is 2.61. The van der Waals surface area contributed by atoms with Crippen LogP contribution in [0.1, 0.15) is 19.3 Å². The molecule has 3 rings (SSSR count). The fraction of sp³-hybridized carbons (Fsp3) is 0.588. The molecular weight excluding hydrogens is 298 g/mol. The van der Waals surface area contributed by atoms with Gasteiger partial charge in [0.2, 0.25) is 0 Å². The standard InChI is InChI=1S/C17H23NO5/c1-20-14-3-5-15(6-4-14)21-13-16(19)18-9-7-17(8-10-18)22-11-2-12-23-17/h3-6H,2,7-13H2,1H3. The van der Waals surface area contributed by atoms with Gasteiger partial charge in [-0.25, -0.2) is 0 Å². The molecule has 2 aliphatic heterocycles. The van der Waals surface area contributed by atoms with Gasteiger partial charge in [0.25, 0.3) is 5.91 Å². The van der Waals surface area contributed by atoms with Crippen LogP contribution in [-0.4, -0.2) is 56.6 Å². The van der Waals surface area contributed by atoms with Gasteiger partial charge in [0.05, 0.1) is 20.3 Å². The minimum atomic E-state index is -0.466. The molecule has 1 aromatic rings. The van der Waals surface area contributed by atoms with Crippen molar-refractivity contribution in [2.24, 2.45) is 0 Å². The second-order valence-corrected chi connectivity index (χ2v) is 5.81. The Bertz CT molecular complexity index is 514. The smallest absolute Gasteiger partial charge is 0.260 e. The van der Waals surface area contributed by atoms with Crippen LogP contribution in [-0.2, 0) is 14.3 Å². The highest BCUT2D eigenvalue weighted by Crippen LogP contribution is 2.30. The van der Waals surface area contributed by atoms with Crippen molar-refractivity contribution >= 4 is 5.91 Å². The number of carbonyl (C=O) groups excluding carboxylic acids is 1. The molecule has 126 valence electrons. The molecule has 6 nitrogen and oxygen atoms in total. The number of piperidine rings is 1. The molecule has 2 saturated heterocycles. The molecule has 2 fully saturated rings. The van der Waals surface area contributed by atoms with Crippen molar-refractivity contribution in [2.75, 3.05) is 40.0 Å². The first-order valence-corrected chi connectivity index (χ1v) is 8.03. The number of likely N-dealkylation sites (tertiary alicyclic amines) is 1. The van der Waals surface area contributed by atoms with Gasteiger partial charge >= 0.3 is 0 Å². The minimum absolute atomic E-state index is 0.00789. The summed E-state index contributed by atoms with van der Waals surface area (Å²) in [6, 6.07) is 7.20. The lowest BCUT2D eigenvalue weighted by molar-refractivity contribution is -0.282. The van der Waals surface area contributed by atoms with E-state index in [0.29, 0.717) is 18.8 Å². The van der Waals surface area contributed by atoms with E-state index >= 15 is 0 Å². The molecule has 1 amide bonds. The van der Waals surface area contributed by atoms with Crippen molar-refractivity contribution < 1.29 is 23.7 Å². The van der Waals surface area contributed by atoms with E-state index in [2.05, 4.69) is 0 Å². The van der Waals surface area contributed by atoms with Crippen LogP contribution in [0.4, 0.5) is 0 Å². The molecule has 0 saturated carbocycles. The number of carbonyl (C=O) groups is 1. The van der Waals surface area contributed by atoms with E-state index in [0.717, 1.165) is 38.2 Å². The number of ether oxygens (including phenoxy) is 4. The van der Waals surface area contributed by atoms with Gasteiger partial charge in [-0.3, -0.25) is 4.79 Å². The largest absolute Gasteiger partial charge is 0.497 e. The highest BCUT2D eigenvalue weighted by atomic mass is 16.7. The number of amides is 1. The molecule has 0 atom stereocenters. The molecular formula is C17H23NO5. The highest BCUT2D eigenvalue weighted by molar-refractivity contribution is 5.77. The van der Waals surface area contributed by atoms with Crippen molar-refractivity contribution in [1.29, 1.82) is 0 Å². The highest BCUT2D eigenvalue weighted by Gasteiger charge is 2.39. The summed E-state index contributed by atoms with van der Waals surface area (Å²) in [7, 11) is 1.61. The predicted molar refractivity (Wildman–Crippen MR) is 83.6 cm³/mol. The van der Waals surface area contributed by atoms with E-state index < -0.39 is 5.79 Å². The number of rotatable bonds is 4. The summed E-state index contributed by atoms with van der Waals surface area (Å²) >= 11 is 0. The summed E-state index contributed by atoms with van der Waals surface area (Å²) in [6.45, 7) is 2.82. The van der Waals surface area contributed by atoms with Gasteiger partial charge in [-0.15, -0.1) is 0 Å². The van der Waals surface area contributed by atoms with Crippen LogP contribution in [0, 0.1) is 0 Å². The van der Waals surface area contributed by atoms with Crippen molar-refractivity contribution in [2.45, 2.75) is 25.0 Å². The van der Waals surface area contributed by atoms with Gasteiger partial charge in [0.1, 0.15) is 11.5 Å². The third-order valence-corrected chi connectivity index (χ3v) is 4.32. The zero-order valence-electron chi connectivity index (χ0n) is 13.5. The molecule has 0 aromatic heterocycles. The molecule has 23 heavy (non-hydrogen) atoms. The van der Waals surface area contributed by atoms with E-state index in [-0.39, 0.29) is 12.5 Å². The summed E-state index contributed by atoms with van der Waals surface area (Å²) < 4.78 is 22.2. The second kappa shape index (κ2) is 7.19. The molecule has 2 heterocycles. The lowest BCUT2D eigenvalue weighted by Crippen LogP contribution is -2.52. The number of hydrogen-bond donors (Lipinski definition) is 0. The zero-order chi connectivity index (χ0) is 16.1. The normalized spacial score (nSPS) is 20.3. The van der Waals surface area contributed by atoms with Crippen molar-refractivity contribution in [3.8, 4) is 11.5 Å². The fourth-order valence-electron chi connectivity index (χ4n) is 2.91. The van der Waals surface area contributed by atoms with E-state index in [9.17, 15) is 4.79 Å². The SMILES string of the molecule is COc1ccc(OCC(=O)N2CCC3(CC2)OCCCO3)cc1. The quantitative estimate of drug-likeness (QED) is 0.847. The Kier molecular flexibility index (Phi) is 5.03. The van der Waals surface area contributed by atoms with Crippen LogP contribution >= 0.6 is 0 Å². The maximum absolute atomic E-state index is 12.3. The molecule has 6 heteroatoms. The molecule has 1 aromatic carbocycles. The maximum atomic E-state index is 12.3. The lowest BCUT2D eigenvalue weighted by atomic mass is 10.0. The summed E-state index contributed by atoms with van der Waals surface area (Å²) in [5.41, 5.74) is 0. The topological polar surface area (TPSA) is 57.2 Å². The van der Waals surface area contributed by atoms with Crippen LogP contribution in [0.15, 0.2) is 24.3 Å². The first-order chi connectivity index (χ1) is 11.2. The van der Waals surface area contributed by atoms with E-state index in [1.807, 2.05) is 17.0 Å². The number of benzene rings is 1.